The molecule has 0 aliphatic carbocycles. The van der Waals surface area contributed by atoms with Gasteiger partial charge in [-0.3, -0.25) is 23.9 Å². The highest BCUT2D eigenvalue weighted by Crippen LogP contribution is 2.15. The Balaban J connectivity index is 2.02. The van der Waals surface area contributed by atoms with E-state index < -0.39 is 5.56 Å². The summed E-state index contributed by atoms with van der Waals surface area (Å²) in [6.07, 6.45) is 0. The van der Waals surface area contributed by atoms with E-state index >= 15 is 0 Å². The van der Waals surface area contributed by atoms with Crippen LogP contribution in [0.3, 0.4) is 0 Å². The quantitative estimate of drug-likeness (QED) is 0.740. The van der Waals surface area contributed by atoms with Crippen LogP contribution in [0.15, 0.2) is 53.3 Å². The molecule has 0 saturated carbocycles. The zero-order valence-electron chi connectivity index (χ0n) is 16.1. The lowest BCUT2D eigenvalue weighted by molar-refractivity contribution is -0.117. The summed E-state index contributed by atoms with van der Waals surface area (Å²) in [5, 5.41) is 2.80. The topological polar surface area (TPSA) is 84.3 Å². The molecule has 1 heterocycles. The van der Waals surface area contributed by atoms with Crippen LogP contribution in [0, 0.1) is 6.92 Å². The Labute approximate surface area is 162 Å². The van der Waals surface area contributed by atoms with Crippen molar-refractivity contribution < 1.29 is 9.59 Å². The van der Waals surface area contributed by atoms with Crippen LogP contribution in [-0.2, 0) is 16.1 Å². The van der Waals surface area contributed by atoms with Gasteiger partial charge in [-0.25, -0.2) is 4.98 Å². The van der Waals surface area contributed by atoms with Crippen LogP contribution in [-0.4, -0.2) is 27.9 Å². The predicted molar refractivity (Wildman–Crippen MR) is 110 cm³/mol. The maximum Gasteiger partial charge on any atom is 0.294 e. The van der Waals surface area contributed by atoms with Gasteiger partial charge in [0.2, 0.25) is 17.6 Å². The molecule has 0 spiro atoms. The molecule has 144 valence electrons. The molecule has 2 amide bonds. The fourth-order valence-corrected chi connectivity index (χ4v) is 3.01. The molecular formula is C21H22N4O3. The van der Waals surface area contributed by atoms with Crippen LogP contribution in [0.5, 0.6) is 0 Å². The van der Waals surface area contributed by atoms with Crippen molar-refractivity contribution >= 4 is 34.4 Å². The minimum atomic E-state index is -0.477. The van der Waals surface area contributed by atoms with Gasteiger partial charge in [-0.05, 0) is 38.1 Å². The standard InChI is InChI=1S/C21H22N4O3/c1-4-24(15(3)26)20-21(28)25(18-8-6-5-7-17(18)23-20)13-19(27)22-16-11-9-14(2)10-12-16/h5-12H,4,13H2,1-3H3,(H,22,27). The van der Waals surface area contributed by atoms with Crippen LogP contribution in [0.2, 0.25) is 0 Å². The van der Waals surface area contributed by atoms with E-state index in [0.29, 0.717) is 23.3 Å². The molecule has 0 fully saturated rings. The van der Waals surface area contributed by atoms with E-state index in [0.717, 1.165) is 5.56 Å². The molecule has 0 atom stereocenters. The first-order valence-electron chi connectivity index (χ1n) is 9.05. The molecule has 0 aliphatic heterocycles. The number of aromatic nitrogens is 2. The number of aryl methyl sites for hydroxylation is 1. The second-order valence-electron chi connectivity index (χ2n) is 6.49. The van der Waals surface area contributed by atoms with Gasteiger partial charge < -0.3 is 5.32 Å². The molecule has 2 aromatic carbocycles. The summed E-state index contributed by atoms with van der Waals surface area (Å²) in [6, 6.07) is 14.5. The van der Waals surface area contributed by atoms with Crippen LogP contribution < -0.4 is 15.8 Å². The minimum Gasteiger partial charge on any atom is -0.325 e. The first-order chi connectivity index (χ1) is 13.4. The van der Waals surface area contributed by atoms with Crippen molar-refractivity contribution in [3.8, 4) is 0 Å². The molecule has 0 saturated heterocycles. The molecule has 0 radical (unpaired) electrons. The lowest BCUT2D eigenvalue weighted by atomic mass is 10.2. The number of rotatable bonds is 5. The highest BCUT2D eigenvalue weighted by Gasteiger charge is 2.20. The average Bonchev–Trinajstić information content (AvgIpc) is 2.67. The smallest absolute Gasteiger partial charge is 0.294 e. The third-order valence-corrected chi connectivity index (χ3v) is 4.42. The Morgan fingerprint density at radius 2 is 1.79 bits per heavy atom. The number of hydrogen-bond acceptors (Lipinski definition) is 4. The number of hydrogen-bond donors (Lipinski definition) is 1. The zero-order valence-corrected chi connectivity index (χ0v) is 16.1. The largest absolute Gasteiger partial charge is 0.325 e. The fraction of sp³-hybridized carbons (Fsp3) is 0.238. The van der Waals surface area contributed by atoms with Crippen molar-refractivity contribution in [1.82, 2.24) is 9.55 Å². The molecule has 0 aliphatic rings. The molecule has 28 heavy (non-hydrogen) atoms. The second kappa shape index (κ2) is 8.04. The normalized spacial score (nSPS) is 10.7. The van der Waals surface area contributed by atoms with Gasteiger partial charge in [0.1, 0.15) is 6.54 Å². The summed E-state index contributed by atoms with van der Waals surface area (Å²) in [5.74, 6) is -0.589. The lowest BCUT2D eigenvalue weighted by Crippen LogP contribution is -2.38. The number of anilines is 2. The van der Waals surface area contributed by atoms with Gasteiger partial charge in [0.15, 0.2) is 0 Å². The van der Waals surface area contributed by atoms with Gasteiger partial charge in [-0.1, -0.05) is 29.8 Å². The minimum absolute atomic E-state index is 0.0248. The number of nitrogens with one attached hydrogen (secondary N) is 1. The first kappa shape index (κ1) is 19.3. The molecule has 1 N–H and O–H groups in total. The van der Waals surface area contributed by atoms with Crippen molar-refractivity contribution in [3.05, 3.63) is 64.4 Å². The van der Waals surface area contributed by atoms with Crippen molar-refractivity contribution in [1.29, 1.82) is 0 Å². The van der Waals surface area contributed by atoms with Gasteiger partial charge in [0.25, 0.3) is 5.56 Å². The predicted octanol–water partition coefficient (Wildman–Crippen LogP) is 2.72. The van der Waals surface area contributed by atoms with Crippen molar-refractivity contribution in [3.63, 3.8) is 0 Å². The van der Waals surface area contributed by atoms with E-state index in [9.17, 15) is 14.4 Å². The molecular weight excluding hydrogens is 356 g/mol. The average molecular weight is 378 g/mol. The molecule has 0 bridgehead atoms. The third-order valence-electron chi connectivity index (χ3n) is 4.42. The Kier molecular flexibility index (Phi) is 5.54. The summed E-state index contributed by atoms with van der Waals surface area (Å²) in [7, 11) is 0. The van der Waals surface area contributed by atoms with Crippen LogP contribution in [0.25, 0.3) is 11.0 Å². The monoisotopic (exact) mass is 378 g/mol. The van der Waals surface area contributed by atoms with Crippen LogP contribution >= 0.6 is 0 Å². The Hall–Kier alpha value is -3.48. The molecule has 3 rings (SSSR count). The summed E-state index contributed by atoms with van der Waals surface area (Å²) in [5.41, 5.74) is 2.34. The van der Waals surface area contributed by atoms with Gasteiger partial charge >= 0.3 is 0 Å². The van der Waals surface area contributed by atoms with Crippen molar-refractivity contribution in [2.45, 2.75) is 27.3 Å². The van der Waals surface area contributed by atoms with E-state index in [1.54, 1.807) is 43.3 Å². The summed E-state index contributed by atoms with van der Waals surface area (Å²) >= 11 is 0. The van der Waals surface area contributed by atoms with E-state index in [-0.39, 0.29) is 24.2 Å². The lowest BCUT2D eigenvalue weighted by Gasteiger charge is -2.19. The molecule has 1 aromatic heterocycles. The third kappa shape index (κ3) is 3.93. The Morgan fingerprint density at radius 1 is 1.11 bits per heavy atom. The van der Waals surface area contributed by atoms with Crippen molar-refractivity contribution in [2.75, 3.05) is 16.8 Å². The number of benzene rings is 2. The number of carbonyl (C=O) groups is 2. The summed E-state index contributed by atoms with van der Waals surface area (Å²) in [4.78, 5) is 43.2. The number of nitrogens with zero attached hydrogens (tertiary/aromatic N) is 3. The molecule has 7 nitrogen and oxygen atoms in total. The van der Waals surface area contributed by atoms with E-state index in [4.69, 9.17) is 0 Å². The van der Waals surface area contributed by atoms with E-state index in [1.807, 2.05) is 19.1 Å². The van der Waals surface area contributed by atoms with Gasteiger partial charge in [-0.2, -0.15) is 0 Å². The maximum atomic E-state index is 13.0. The molecule has 0 unspecified atom stereocenters. The highest BCUT2D eigenvalue weighted by molar-refractivity contribution is 5.93. The number of amides is 2. The Morgan fingerprint density at radius 3 is 2.43 bits per heavy atom. The summed E-state index contributed by atoms with van der Waals surface area (Å²) in [6.45, 7) is 5.24. The Bertz CT molecular complexity index is 1090. The zero-order chi connectivity index (χ0) is 20.3. The molecule has 7 heteroatoms. The van der Waals surface area contributed by atoms with Gasteiger partial charge in [-0.15, -0.1) is 0 Å². The number of para-hydroxylation sites is 2. The van der Waals surface area contributed by atoms with Crippen molar-refractivity contribution in [2.24, 2.45) is 0 Å². The fourth-order valence-electron chi connectivity index (χ4n) is 3.01. The SMILES string of the molecule is CCN(C(C)=O)c1nc2ccccc2n(CC(=O)Nc2ccc(C)cc2)c1=O. The highest BCUT2D eigenvalue weighted by atomic mass is 16.2. The maximum absolute atomic E-state index is 13.0. The van der Waals surface area contributed by atoms with Crippen LogP contribution in [0.1, 0.15) is 19.4 Å². The number of carbonyl (C=O) groups excluding carboxylic acids is 2. The molecule has 3 aromatic rings. The van der Waals surface area contributed by atoms with E-state index in [1.165, 1.54) is 16.4 Å². The first-order valence-corrected chi connectivity index (χ1v) is 9.05. The van der Waals surface area contributed by atoms with Crippen LogP contribution in [0.4, 0.5) is 11.5 Å². The summed E-state index contributed by atoms with van der Waals surface area (Å²) < 4.78 is 1.35. The van der Waals surface area contributed by atoms with Gasteiger partial charge in [0.05, 0.1) is 11.0 Å². The van der Waals surface area contributed by atoms with E-state index in [2.05, 4.69) is 10.3 Å². The number of fused-ring (bicyclic) bond motifs is 1. The van der Waals surface area contributed by atoms with Gasteiger partial charge in [0, 0.05) is 19.2 Å². The second-order valence-corrected chi connectivity index (χ2v) is 6.49.